The van der Waals surface area contributed by atoms with Crippen molar-refractivity contribution in [1.29, 1.82) is 0 Å². The number of para-hydroxylation sites is 1. The molecule has 25 heavy (non-hydrogen) atoms. The zero-order chi connectivity index (χ0) is 17.4. The summed E-state index contributed by atoms with van der Waals surface area (Å²) < 4.78 is 12.9. The molecule has 0 radical (unpaired) electrons. The van der Waals surface area contributed by atoms with E-state index in [1.54, 1.807) is 6.20 Å². The summed E-state index contributed by atoms with van der Waals surface area (Å²) in [6.45, 7) is 1.68. The van der Waals surface area contributed by atoms with Crippen molar-refractivity contribution in [2.75, 3.05) is 20.4 Å². The smallest absolute Gasteiger partial charge is 0.231 e. The van der Waals surface area contributed by atoms with E-state index in [1.807, 2.05) is 48.0 Å². The maximum absolute atomic E-state index is 12.2. The molecule has 0 saturated carbocycles. The van der Waals surface area contributed by atoms with E-state index < -0.39 is 0 Å². The first-order valence-corrected chi connectivity index (χ1v) is 8.46. The van der Waals surface area contributed by atoms with Gasteiger partial charge in [0.2, 0.25) is 12.7 Å². The van der Waals surface area contributed by atoms with Crippen LogP contribution in [0.4, 0.5) is 0 Å². The molecular formula is C18H22N4O3. The second-order valence-electron chi connectivity index (χ2n) is 6.59. The number of hydrogen-bond acceptors (Lipinski definition) is 5. The topological polar surface area (TPSA) is 68.6 Å². The first-order valence-electron chi connectivity index (χ1n) is 8.46. The third kappa shape index (κ3) is 2.84. The fourth-order valence-corrected chi connectivity index (χ4v) is 3.70. The normalized spacial score (nSPS) is 22.0. The second kappa shape index (κ2) is 6.40. The number of amides is 1. The van der Waals surface area contributed by atoms with E-state index in [0.29, 0.717) is 13.0 Å². The Bertz CT molecular complexity index is 788. The Hall–Kier alpha value is -2.54. The lowest BCUT2D eigenvalue weighted by atomic mass is 9.99. The van der Waals surface area contributed by atoms with Crippen molar-refractivity contribution in [3.63, 3.8) is 0 Å². The highest BCUT2D eigenvalue weighted by molar-refractivity contribution is 5.79. The lowest BCUT2D eigenvalue weighted by Crippen LogP contribution is -2.30. The van der Waals surface area contributed by atoms with Gasteiger partial charge in [-0.05, 0) is 6.07 Å². The molecule has 0 spiro atoms. The van der Waals surface area contributed by atoms with Crippen LogP contribution in [0.25, 0.3) is 0 Å². The van der Waals surface area contributed by atoms with E-state index in [1.165, 1.54) is 0 Å². The van der Waals surface area contributed by atoms with Crippen LogP contribution in [0.15, 0.2) is 30.6 Å². The zero-order valence-electron chi connectivity index (χ0n) is 14.4. The Morgan fingerprint density at radius 3 is 3.00 bits per heavy atom. The SMILES string of the molecule is CN1C(=O)C[C@@H](CNCc2cccc3c2OCO3)[C@@H]1c1nccn1C. The average molecular weight is 342 g/mol. The summed E-state index contributed by atoms with van der Waals surface area (Å²) in [5.41, 5.74) is 1.07. The first-order chi connectivity index (χ1) is 12.1. The van der Waals surface area contributed by atoms with Crippen molar-refractivity contribution in [3.05, 3.63) is 42.0 Å². The van der Waals surface area contributed by atoms with Crippen LogP contribution in [-0.4, -0.2) is 40.7 Å². The molecule has 1 saturated heterocycles. The molecule has 1 N–H and O–H groups in total. The van der Waals surface area contributed by atoms with Gasteiger partial charge in [-0.2, -0.15) is 0 Å². The molecule has 1 amide bonds. The highest BCUT2D eigenvalue weighted by Gasteiger charge is 2.40. The van der Waals surface area contributed by atoms with Crippen LogP contribution in [-0.2, 0) is 18.4 Å². The maximum atomic E-state index is 12.2. The molecule has 3 heterocycles. The minimum Gasteiger partial charge on any atom is -0.454 e. The Morgan fingerprint density at radius 2 is 2.20 bits per heavy atom. The lowest BCUT2D eigenvalue weighted by Gasteiger charge is -2.24. The van der Waals surface area contributed by atoms with Gasteiger partial charge in [-0.15, -0.1) is 0 Å². The average Bonchev–Trinajstić information content (AvgIpc) is 3.29. The number of imidazole rings is 1. The van der Waals surface area contributed by atoms with Gasteiger partial charge in [0.15, 0.2) is 11.5 Å². The molecular weight excluding hydrogens is 320 g/mol. The van der Waals surface area contributed by atoms with Crippen molar-refractivity contribution in [2.45, 2.75) is 19.0 Å². The van der Waals surface area contributed by atoms with Crippen molar-refractivity contribution in [3.8, 4) is 11.5 Å². The number of likely N-dealkylation sites (tertiary alicyclic amines) is 1. The van der Waals surface area contributed by atoms with Crippen LogP contribution < -0.4 is 14.8 Å². The summed E-state index contributed by atoms with van der Waals surface area (Å²) in [7, 11) is 3.82. The molecule has 7 nitrogen and oxygen atoms in total. The maximum Gasteiger partial charge on any atom is 0.231 e. The molecule has 0 unspecified atom stereocenters. The highest BCUT2D eigenvalue weighted by Crippen LogP contribution is 2.37. The van der Waals surface area contributed by atoms with E-state index in [2.05, 4.69) is 10.3 Å². The van der Waals surface area contributed by atoms with Gasteiger partial charge in [-0.3, -0.25) is 4.79 Å². The number of nitrogens with zero attached hydrogens (tertiary/aromatic N) is 3. The highest BCUT2D eigenvalue weighted by atomic mass is 16.7. The van der Waals surface area contributed by atoms with Crippen molar-refractivity contribution >= 4 is 5.91 Å². The quantitative estimate of drug-likeness (QED) is 0.891. The van der Waals surface area contributed by atoms with E-state index in [-0.39, 0.29) is 24.7 Å². The predicted molar refractivity (Wildman–Crippen MR) is 91.1 cm³/mol. The number of rotatable bonds is 5. The van der Waals surface area contributed by atoms with Gasteiger partial charge in [0.1, 0.15) is 5.82 Å². The van der Waals surface area contributed by atoms with Gasteiger partial charge in [-0.25, -0.2) is 4.98 Å². The van der Waals surface area contributed by atoms with Gasteiger partial charge in [0.25, 0.3) is 0 Å². The number of nitrogens with one attached hydrogen (secondary N) is 1. The number of carbonyl (C=O) groups excluding carboxylic acids is 1. The standard InChI is InChI=1S/C18H22N4O3/c1-21-7-6-20-18(21)16-13(8-15(23)22(16)2)10-19-9-12-4-3-5-14-17(12)25-11-24-14/h3-7,13,16,19H,8-11H2,1-2H3/t13-,16+/m0/s1. The largest absolute Gasteiger partial charge is 0.454 e. The van der Waals surface area contributed by atoms with Gasteiger partial charge < -0.3 is 24.3 Å². The molecule has 2 aromatic rings. The van der Waals surface area contributed by atoms with Crippen LogP contribution in [0.5, 0.6) is 11.5 Å². The molecule has 0 bridgehead atoms. The number of ether oxygens (including phenoxy) is 2. The van der Waals surface area contributed by atoms with Crippen LogP contribution >= 0.6 is 0 Å². The van der Waals surface area contributed by atoms with Crippen LogP contribution in [0.3, 0.4) is 0 Å². The van der Waals surface area contributed by atoms with Crippen LogP contribution in [0.2, 0.25) is 0 Å². The fraction of sp³-hybridized carbons (Fsp3) is 0.444. The summed E-state index contributed by atoms with van der Waals surface area (Å²) in [4.78, 5) is 18.5. The Balaban J connectivity index is 1.44. The molecule has 1 fully saturated rings. The van der Waals surface area contributed by atoms with E-state index in [9.17, 15) is 4.79 Å². The van der Waals surface area contributed by atoms with Crippen LogP contribution in [0, 0.1) is 5.92 Å². The van der Waals surface area contributed by atoms with Crippen molar-refractivity contribution < 1.29 is 14.3 Å². The van der Waals surface area contributed by atoms with Crippen LogP contribution in [0.1, 0.15) is 23.9 Å². The minimum atomic E-state index is 0.000992. The molecule has 2 atom stereocenters. The predicted octanol–water partition coefficient (Wildman–Crippen LogP) is 1.46. The first kappa shape index (κ1) is 16.0. The molecule has 4 rings (SSSR count). The molecule has 1 aromatic heterocycles. The number of fused-ring (bicyclic) bond motifs is 1. The number of aryl methyl sites for hydroxylation is 1. The van der Waals surface area contributed by atoms with Gasteiger partial charge in [0, 0.05) is 57.5 Å². The van der Waals surface area contributed by atoms with E-state index in [0.717, 1.165) is 29.4 Å². The third-order valence-electron chi connectivity index (χ3n) is 5.02. The summed E-state index contributed by atoms with van der Waals surface area (Å²) in [6, 6.07) is 5.91. The molecule has 132 valence electrons. The van der Waals surface area contributed by atoms with Gasteiger partial charge in [0.05, 0.1) is 6.04 Å². The third-order valence-corrected chi connectivity index (χ3v) is 5.02. The second-order valence-corrected chi connectivity index (χ2v) is 6.59. The van der Waals surface area contributed by atoms with Gasteiger partial charge >= 0.3 is 0 Å². The Kier molecular flexibility index (Phi) is 4.09. The molecule has 2 aliphatic heterocycles. The summed E-state index contributed by atoms with van der Waals surface area (Å²) >= 11 is 0. The van der Waals surface area contributed by atoms with Crippen molar-refractivity contribution in [1.82, 2.24) is 19.8 Å². The molecule has 2 aliphatic rings. The number of benzene rings is 1. The Labute approximate surface area is 146 Å². The summed E-state index contributed by atoms with van der Waals surface area (Å²) in [6.07, 6.45) is 4.23. The van der Waals surface area contributed by atoms with Gasteiger partial charge in [-0.1, -0.05) is 12.1 Å². The summed E-state index contributed by atoms with van der Waals surface area (Å²) in [5.74, 6) is 2.89. The number of aromatic nitrogens is 2. The minimum absolute atomic E-state index is 0.000992. The molecule has 0 aliphatic carbocycles. The number of carbonyl (C=O) groups is 1. The fourth-order valence-electron chi connectivity index (χ4n) is 3.70. The molecule has 7 heteroatoms. The van der Waals surface area contributed by atoms with E-state index >= 15 is 0 Å². The zero-order valence-corrected chi connectivity index (χ0v) is 14.4. The lowest BCUT2D eigenvalue weighted by molar-refractivity contribution is -0.127. The number of hydrogen-bond donors (Lipinski definition) is 1. The molecule has 1 aromatic carbocycles. The van der Waals surface area contributed by atoms with E-state index in [4.69, 9.17) is 9.47 Å². The van der Waals surface area contributed by atoms with Crippen molar-refractivity contribution in [2.24, 2.45) is 13.0 Å². The summed E-state index contributed by atoms with van der Waals surface area (Å²) in [5, 5.41) is 3.47. The monoisotopic (exact) mass is 342 g/mol. The Morgan fingerprint density at radius 1 is 1.32 bits per heavy atom.